The summed E-state index contributed by atoms with van der Waals surface area (Å²) >= 11 is 0. The zero-order valence-corrected chi connectivity index (χ0v) is 19.2. The van der Waals surface area contributed by atoms with E-state index in [0.29, 0.717) is 6.54 Å². The molecule has 6 heteroatoms. The van der Waals surface area contributed by atoms with Gasteiger partial charge in [-0.05, 0) is 34.7 Å². The smallest absolute Gasteiger partial charge is 0.410 e. The topological polar surface area (TPSA) is 92.9 Å². The fourth-order valence-electron chi connectivity index (χ4n) is 4.17. The van der Waals surface area contributed by atoms with E-state index in [4.69, 9.17) is 15.6 Å². The molecule has 0 radical (unpaired) electrons. The van der Waals surface area contributed by atoms with Gasteiger partial charge in [-0.2, -0.15) is 0 Å². The van der Waals surface area contributed by atoms with Crippen LogP contribution in [0.2, 0.25) is 0 Å². The normalized spacial score (nSPS) is 18.3. The molecule has 0 aliphatic carbocycles. The van der Waals surface area contributed by atoms with E-state index in [0.717, 1.165) is 12.0 Å². The van der Waals surface area contributed by atoms with E-state index in [9.17, 15) is 9.59 Å². The van der Waals surface area contributed by atoms with Crippen molar-refractivity contribution in [2.45, 2.75) is 32.9 Å². The van der Waals surface area contributed by atoms with Crippen LogP contribution in [-0.2, 0) is 16.1 Å². The number of benzene rings is 3. The van der Waals surface area contributed by atoms with Gasteiger partial charge in [0.05, 0.1) is 5.92 Å². The number of nitrogens with zero attached hydrogens (tertiary/aromatic N) is 1. The number of amides is 1. The van der Waals surface area contributed by atoms with Gasteiger partial charge in [-0.1, -0.05) is 86.1 Å². The lowest BCUT2D eigenvalue weighted by atomic mass is 9.94. The molecule has 0 unspecified atom stereocenters. The van der Waals surface area contributed by atoms with Crippen LogP contribution in [0.3, 0.4) is 0 Å². The van der Waals surface area contributed by atoms with Crippen molar-refractivity contribution in [3.63, 3.8) is 0 Å². The maximum atomic E-state index is 12.0. The van der Waals surface area contributed by atoms with Crippen LogP contribution < -0.4 is 5.73 Å². The molecule has 0 aromatic heterocycles. The molecule has 1 aliphatic rings. The van der Waals surface area contributed by atoms with Crippen LogP contribution in [0.5, 0.6) is 0 Å². The highest BCUT2D eigenvalue weighted by Crippen LogP contribution is 2.27. The third-order valence-electron chi connectivity index (χ3n) is 6.06. The minimum absolute atomic E-state index is 0.0109. The number of carbonyl (C=O) groups is 2. The van der Waals surface area contributed by atoms with Crippen molar-refractivity contribution in [2.24, 2.45) is 17.6 Å². The van der Waals surface area contributed by atoms with Gasteiger partial charge in [0.15, 0.2) is 0 Å². The Bertz CT molecular complexity index is 1060. The van der Waals surface area contributed by atoms with Crippen LogP contribution in [0.1, 0.15) is 37.4 Å². The molecular formula is C27H32N2O4. The minimum Gasteiger partial charge on any atom is -0.481 e. The molecule has 3 atom stereocenters. The van der Waals surface area contributed by atoms with Crippen LogP contribution >= 0.6 is 0 Å². The summed E-state index contributed by atoms with van der Waals surface area (Å²) in [6, 6.07) is 24.1. The van der Waals surface area contributed by atoms with Gasteiger partial charge in [0, 0.05) is 19.1 Å². The number of nitrogens with two attached hydrogens (primary N) is 1. The predicted octanol–water partition coefficient (Wildman–Crippen LogP) is 5.23. The maximum Gasteiger partial charge on any atom is 0.410 e. The average Bonchev–Trinajstić information content (AvgIpc) is 3.28. The lowest BCUT2D eigenvalue weighted by Crippen LogP contribution is -2.30. The molecule has 3 N–H and O–H groups in total. The highest BCUT2D eigenvalue weighted by atomic mass is 16.6. The van der Waals surface area contributed by atoms with E-state index in [1.165, 1.54) is 21.2 Å². The number of carbonyl (C=O) groups excluding carboxylic acids is 1. The lowest BCUT2D eigenvalue weighted by molar-refractivity contribution is -0.142. The SMILES string of the molecule is CC[C@@H]1CN(C(=O)OCc2ccccc2)C[C@@H]1C(=O)O.C[C@@H](N)c1cccc2ccccc12. The molecule has 3 aromatic rings. The number of rotatable bonds is 5. The first-order valence-electron chi connectivity index (χ1n) is 11.3. The summed E-state index contributed by atoms with van der Waals surface area (Å²) in [6.45, 7) is 4.87. The Balaban J connectivity index is 0.000000203. The first-order valence-corrected chi connectivity index (χ1v) is 11.3. The van der Waals surface area contributed by atoms with Crippen molar-refractivity contribution >= 4 is 22.8 Å². The van der Waals surface area contributed by atoms with Gasteiger partial charge in [0.2, 0.25) is 0 Å². The molecule has 4 rings (SSSR count). The highest BCUT2D eigenvalue weighted by molar-refractivity contribution is 5.86. The summed E-state index contributed by atoms with van der Waals surface area (Å²) in [6.07, 6.45) is 0.315. The second-order valence-electron chi connectivity index (χ2n) is 8.42. The third kappa shape index (κ3) is 6.33. The summed E-state index contributed by atoms with van der Waals surface area (Å²) < 4.78 is 5.23. The molecule has 1 fully saturated rings. The van der Waals surface area contributed by atoms with Gasteiger partial charge in [-0.25, -0.2) is 4.79 Å². The number of ether oxygens (including phenoxy) is 1. The Labute approximate surface area is 195 Å². The van der Waals surface area contributed by atoms with Crippen LogP contribution in [0, 0.1) is 11.8 Å². The van der Waals surface area contributed by atoms with Crippen LogP contribution in [0.15, 0.2) is 72.8 Å². The van der Waals surface area contributed by atoms with Crippen molar-refractivity contribution in [1.29, 1.82) is 0 Å². The highest BCUT2D eigenvalue weighted by Gasteiger charge is 2.39. The van der Waals surface area contributed by atoms with Crippen LogP contribution in [0.4, 0.5) is 4.79 Å². The molecule has 6 nitrogen and oxygen atoms in total. The number of aliphatic carboxylic acids is 1. The van der Waals surface area contributed by atoms with E-state index in [2.05, 4.69) is 30.3 Å². The summed E-state index contributed by atoms with van der Waals surface area (Å²) in [4.78, 5) is 24.6. The van der Waals surface area contributed by atoms with Crippen molar-refractivity contribution in [3.05, 3.63) is 83.9 Å². The third-order valence-corrected chi connectivity index (χ3v) is 6.06. The standard InChI is InChI=1S/C15H19NO4.C12H13N/c1-2-12-8-16(9-13(12)14(17)18)15(19)20-10-11-6-4-3-5-7-11;1-9(13)11-8-4-6-10-5-2-3-7-12(10)11/h3-7,12-13H,2,8-10H2,1H3,(H,17,18);2-9H,13H2,1H3/t12-,13+;9-/m11/s1. The fraction of sp³-hybridized carbons (Fsp3) is 0.333. The van der Waals surface area contributed by atoms with Gasteiger partial charge >= 0.3 is 12.1 Å². The first-order chi connectivity index (χ1) is 15.9. The summed E-state index contributed by atoms with van der Waals surface area (Å²) in [7, 11) is 0. The zero-order valence-electron chi connectivity index (χ0n) is 19.2. The van der Waals surface area contributed by atoms with E-state index >= 15 is 0 Å². The summed E-state index contributed by atoms with van der Waals surface area (Å²) in [5.74, 6) is -1.31. The molecule has 3 aromatic carbocycles. The largest absolute Gasteiger partial charge is 0.481 e. The molecular weight excluding hydrogens is 416 g/mol. The van der Waals surface area contributed by atoms with E-state index in [-0.39, 0.29) is 25.1 Å². The number of hydrogen-bond donors (Lipinski definition) is 2. The van der Waals surface area contributed by atoms with Crippen molar-refractivity contribution < 1.29 is 19.4 Å². The number of hydrogen-bond acceptors (Lipinski definition) is 4. The molecule has 0 spiro atoms. The number of carboxylic acids is 1. The molecule has 174 valence electrons. The first kappa shape index (κ1) is 24.3. The molecule has 1 amide bonds. The Morgan fingerprint density at radius 3 is 2.33 bits per heavy atom. The van der Waals surface area contributed by atoms with E-state index in [1.54, 1.807) is 0 Å². The molecule has 1 heterocycles. The number of likely N-dealkylation sites (tertiary alicyclic amines) is 1. The van der Waals surface area contributed by atoms with Gasteiger partial charge < -0.3 is 20.5 Å². The Morgan fingerprint density at radius 2 is 1.70 bits per heavy atom. The summed E-state index contributed by atoms with van der Waals surface area (Å²) in [5, 5.41) is 11.7. The van der Waals surface area contributed by atoms with Crippen LogP contribution in [-0.4, -0.2) is 35.2 Å². The Morgan fingerprint density at radius 1 is 1.03 bits per heavy atom. The van der Waals surface area contributed by atoms with Crippen molar-refractivity contribution in [2.75, 3.05) is 13.1 Å². The van der Waals surface area contributed by atoms with Gasteiger partial charge in [0.25, 0.3) is 0 Å². The lowest BCUT2D eigenvalue weighted by Gasteiger charge is -2.15. The molecule has 0 bridgehead atoms. The molecule has 1 saturated heterocycles. The molecule has 1 aliphatic heterocycles. The Kier molecular flexibility index (Phi) is 8.44. The van der Waals surface area contributed by atoms with E-state index in [1.807, 2.05) is 56.3 Å². The number of carboxylic acid groups (broad SMARTS) is 1. The van der Waals surface area contributed by atoms with Crippen LogP contribution in [0.25, 0.3) is 10.8 Å². The quantitative estimate of drug-likeness (QED) is 0.558. The monoisotopic (exact) mass is 448 g/mol. The van der Waals surface area contributed by atoms with Gasteiger partial charge in [-0.15, -0.1) is 0 Å². The zero-order chi connectivity index (χ0) is 23.8. The van der Waals surface area contributed by atoms with Crippen molar-refractivity contribution in [3.8, 4) is 0 Å². The average molecular weight is 449 g/mol. The van der Waals surface area contributed by atoms with Gasteiger partial charge in [0.1, 0.15) is 6.61 Å². The second kappa shape index (κ2) is 11.5. The maximum absolute atomic E-state index is 12.0. The predicted molar refractivity (Wildman–Crippen MR) is 130 cm³/mol. The number of fused-ring (bicyclic) bond motifs is 1. The van der Waals surface area contributed by atoms with Crippen molar-refractivity contribution in [1.82, 2.24) is 4.90 Å². The fourth-order valence-corrected chi connectivity index (χ4v) is 4.17. The second-order valence-corrected chi connectivity index (χ2v) is 8.42. The Hall–Kier alpha value is -3.38. The molecule has 33 heavy (non-hydrogen) atoms. The minimum atomic E-state index is -0.838. The van der Waals surface area contributed by atoms with Gasteiger partial charge in [-0.3, -0.25) is 4.79 Å². The van der Waals surface area contributed by atoms with E-state index < -0.39 is 18.0 Å². The summed E-state index contributed by atoms with van der Waals surface area (Å²) in [5.41, 5.74) is 8.02. The molecule has 0 saturated carbocycles.